The molecule has 7 nitrogen and oxygen atoms in total. The molecule has 1 unspecified atom stereocenters. The van der Waals surface area contributed by atoms with E-state index in [0.717, 1.165) is 37.5 Å². The summed E-state index contributed by atoms with van der Waals surface area (Å²) < 4.78 is 5.09. The minimum atomic E-state index is -0.246. The number of methoxy groups -OCH3 is 1. The lowest BCUT2D eigenvalue weighted by atomic mass is 9.95. The molecule has 1 aromatic rings. The highest BCUT2D eigenvalue weighted by Crippen LogP contribution is 2.23. The van der Waals surface area contributed by atoms with E-state index in [9.17, 15) is 9.90 Å². The van der Waals surface area contributed by atoms with E-state index < -0.39 is 0 Å². The number of hydrogen-bond acceptors (Lipinski definition) is 4. The summed E-state index contributed by atoms with van der Waals surface area (Å²) >= 11 is 0. The Bertz CT molecular complexity index is 624. The van der Waals surface area contributed by atoms with E-state index >= 15 is 0 Å². The molecule has 146 valence electrons. The molecule has 1 aromatic carbocycles. The Kier molecular flexibility index (Phi) is 9.53. The van der Waals surface area contributed by atoms with E-state index in [1.165, 1.54) is 0 Å². The Hall–Kier alpha value is -1.71. The number of likely N-dealkylation sites (tertiary alicyclic amines) is 1. The number of hydrogen-bond donors (Lipinski definition) is 3. The number of primary amides is 1. The summed E-state index contributed by atoms with van der Waals surface area (Å²) in [6.07, 6.45) is 3.15. The quantitative estimate of drug-likeness (QED) is 0.330. The molecule has 1 saturated heterocycles. The molecule has 1 heterocycles. The predicted octanol–water partition coefficient (Wildman–Crippen LogP) is 1.72. The van der Waals surface area contributed by atoms with Crippen LogP contribution in [0.2, 0.25) is 0 Å². The second-order valence-corrected chi connectivity index (χ2v) is 6.34. The van der Waals surface area contributed by atoms with Crippen molar-refractivity contribution in [3.8, 4) is 11.5 Å². The first kappa shape index (κ1) is 22.3. The van der Waals surface area contributed by atoms with E-state index in [1.54, 1.807) is 20.2 Å². The number of rotatable bonds is 6. The number of benzene rings is 1. The third kappa shape index (κ3) is 6.54. The Balaban J connectivity index is 0.00000338. The summed E-state index contributed by atoms with van der Waals surface area (Å²) in [6.45, 7) is 2.36. The van der Waals surface area contributed by atoms with Crippen LogP contribution >= 0.6 is 24.0 Å². The Labute approximate surface area is 172 Å². The zero-order valence-electron chi connectivity index (χ0n) is 15.4. The lowest BCUT2D eigenvalue weighted by Crippen LogP contribution is -2.47. The van der Waals surface area contributed by atoms with Crippen molar-refractivity contribution in [1.82, 2.24) is 10.2 Å². The number of nitrogens with two attached hydrogens (primary N) is 1. The molecular formula is C18H29IN4O3. The van der Waals surface area contributed by atoms with Crippen molar-refractivity contribution in [3.63, 3.8) is 0 Å². The van der Waals surface area contributed by atoms with Crippen LogP contribution in [-0.2, 0) is 11.2 Å². The summed E-state index contributed by atoms with van der Waals surface area (Å²) in [5.41, 5.74) is 6.18. The number of piperidine rings is 1. The number of amides is 1. The lowest BCUT2D eigenvalue weighted by molar-refractivity contribution is -0.119. The zero-order chi connectivity index (χ0) is 18.2. The van der Waals surface area contributed by atoms with Gasteiger partial charge in [0.2, 0.25) is 5.91 Å². The highest BCUT2D eigenvalue weighted by molar-refractivity contribution is 14.0. The van der Waals surface area contributed by atoms with Crippen LogP contribution in [0, 0.1) is 5.92 Å². The molecule has 1 atom stereocenters. The van der Waals surface area contributed by atoms with E-state index in [-0.39, 0.29) is 41.6 Å². The number of aromatic hydroxyl groups is 1. The number of halogens is 1. The largest absolute Gasteiger partial charge is 0.508 e. The van der Waals surface area contributed by atoms with Crippen LogP contribution in [-0.4, -0.2) is 55.7 Å². The van der Waals surface area contributed by atoms with Crippen LogP contribution in [0.15, 0.2) is 23.2 Å². The fraction of sp³-hybridized carbons (Fsp3) is 0.556. The first-order valence-electron chi connectivity index (χ1n) is 8.63. The standard InChI is InChI=1S/C18H28N4O3.HI/c1-20-18(22-9-3-4-13(12-22)10-17(19)24)21-8-7-14-5-6-15(25-2)11-16(14)23;/h5-6,11,13,23H,3-4,7-10,12H2,1-2H3,(H2,19,24)(H,20,21);1H. The van der Waals surface area contributed by atoms with Crippen LogP contribution in [0.4, 0.5) is 0 Å². The molecule has 0 spiro atoms. The maximum absolute atomic E-state index is 11.1. The van der Waals surface area contributed by atoms with E-state index in [0.29, 0.717) is 25.1 Å². The zero-order valence-corrected chi connectivity index (χ0v) is 17.7. The minimum absolute atomic E-state index is 0. The summed E-state index contributed by atoms with van der Waals surface area (Å²) in [5, 5.41) is 13.4. The maximum Gasteiger partial charge on any atom is 0.217 e. The Morgan fingerprint density at radius 1 is 1.50 bits per heavy atom. The Morgan fingerprint density at radius 3 is 2.88 bits per heavy atom. The van der Waals surface area contributed by atoms with Crippen LogP contribution in [0.5, 0.6) is 11.5 Å². The van der Waals surface area contributed by atoms with Crippen molar-refractivity contribution in [3.05, 3.63) is 23.8 Å². The van der Waals surface area contributed by atoms with Crippen molar-refractivity contribution in [1.29, 1.82) is 0 Å². The average Bonchev–Trinajstić information content (AvgIpc) is 2.59. The number of nitrogens with zero attached hydrogens (tertiary/aromatic N) is 2. The van der Waals surface area contributed by atoms with Crippen molar-refractivity contribution < 1.29 is 14.6 Å². The highest BCUT2D eigenvalue weighted by Gasteiger charge is 2.23. The second kappa shape index (κ2) is 11.1. The van der Waals surface area contributed by atoms with Gasteiger partial charge >= 0.3 is 0 Å². The van der Waals surface area contributed by atoms with Crippen molar-refractivity contribution in [2.75, 3.05) is 33.8 Å². The highest BCUT2D eigenvalue weighted by atomic mass is 127. The molecule has 26 heavy (non-hydrogen) atoms. The maximum atomic E-state index is 11.1. The van der Waals surface area contributed by atoms with Crippen LogP contribution in [0.25, 0.3) is 0 Å². The van der Waals surface area contributed by atoms with Gasteiger partial charge < -0.3 is 25.8 Å². The SMILES string of the molecule is CN=C(NCCc1ccc(OC)cc1O)N1CCCC(CC(N)=O)C1.I. The number of aliphatic imine (C=N–C) groups is 1. The molecule has 1 amide bonds. The second-order valence-electron chi connectivity index (χ2n) is 6.34. The van der Waals surface area contributed by atoms with Gasteiger partial charge in [-0.05, 0) is 36.8 Å². The van der Waals surface area contributed by atoms with Gasteiger partial charge in [-0.15, -0.1) is 24.0 Å². The number of guanidine groups is 1. The number of nitrogens with one attached hydrogen (secondary N) is 1. The molecule has 0 saturated carbocycles. The minimum Gasteiger partial charge on any atom is -0.508 e. The van der Waals surface area contributed by atoms with Gasteiger partial charge in [0.05, 0.1) is 7.11 Å². The van der Waals surface area contributed by atoms with Crippen molar-refractivity contribution in [2.24, 2.45) is 16.6 Å². The number of phenolic OH excluding ortho intramolecular Hbond substituents is 1. The third-order valence-corrected chi connectivity index (χ3v) is 4.49. The number of carbonyl (C=O) groups excluding carboxylic acids is 1. The first-order chi connectivity index (χ1) is 12.0. The summed E-state index contributed by atoms with van der Waals surface area (Å²) in [5.74, 6) is 1.73. The molecule has 1 aliphatic heterocycles. The molecule has 0 radical (unpaired) electrons. The van der Waals surface area contributed by atoms with Gasteiger partial charge in [0, 0.05) is 39.2 Å². The molecular weight excluding hydrogens is 447 g/mol. The number of phenols is 1. The van der Waals surface area contributed by atoms with Gasteiger partial charge in [-0.1, -0.05) is 6.07 Å². The van der Waals surface area contributed by atoms with Crippen molar-refractivity contribution >= 4 is 35.8 Å². The Morgan fingerprint density at radius 2 is 2.27 bits per heavy atom. The lowest BCUT2D eigenvalue weighted by Gasteiger charge is -2.34. The van der Waals surface area contributed by atoms with Crippen LogP contribution in [0.3, 0.4) is 0 Å². The molecule has 8 heteroatoms. The van der Waals surface area contributed by atoms with Gasteiger partial charge in [-0.2, -0.15) is 0 Å². The van der Waals surface area contributed by atoms with Gasteiger partial charge in [-0.3, -0.25) is 9.79 Å². The molecule has 0 aromatic heterocycles. The van der Waals surface area contributed by atoms with Crippen LogP contribution in [0.1, 0.15) is 24.8 Å². The smallest absolute Gasteiger partial charge is 0.217 e. The van der Waals surface area contributed by atoms with Gasteiger partial charge in [0.1, 0.15) is 11.5 Å². The molecule has 0 aliphatic carbocycles. The fourth-order valence-electron chi connectivity index (χ4n) is 3.23. The van der Waals surface area contributed by atoms with Crippen molar-refractivity contribution in [2.45, 2.75) is 25.7 Å². The monoisotopic (exact) mass is 476 g/mol. The number of ether oxygens (including phenoxy) is 1. The first-order valence-corrected chi connectivity index (χ1v) is 8.63. The molecule has 1 aliphatic rings. The topological polar surface area (TPSA) is 100 Å². The predicted molar refractivity (Wildman–Crippen MR) is 113 cm³/mol. The molecule has 4 N–H and O–H groups in total. The van der Waals surface area contributed by atoms with Gasteiger partial charge in [0.15, 0.2) is 5.96 Å². The van der Waals surface area contributed by atoms with Crippen LogP contribution < -0.4 is 15.8 Å². The molecule has 2 rings (SSSR count). The van der Waals surface area contributed by atoms with E-state index in [1.807, 2.05) is 12.1 Å². The molecule has 1 fully saturated rings. The summed E-state index contributed by atoms with van der Waals surface area (Å²) in [6, 6.07) is 5.31. The normalized spacial score (nSPS) is 17.4. The van der Waals surface area contributed by atoms with Gasteiger partial charge in [0.25, 0.3) is 0 Å². The third-order valence-electron chi connectivity index (χ3n) is 4.49. The fourth-order valence-corrected chi connectivity index (χ4v) is 3.23. The molecule has 0 bridgehead atoms. The van der Waals surface area contributed by atoms with E-state index in [4.69, 9.17) is 10.5 Å². The van der Waals surface area contributed by atoms with Gasteiger partial charge in [-0.25, -0.2) is 0 Å². The average molecular weight is 476 g/mol. The summed E-state index contributed by atoms with van der Waals surface area (Å²) in [7, 11) is 3.33. The number of carbonyl (C=O) groups is 1. The van der Waals surface area contributed by atoms with E-state index in [2.05, 4.69) is 15.2 Å². The summed E-state index contributed by atoms with van der Waals surface area (Å²) in [4.78, 5) is 17.7.